The van der Waals surface area contributed by atoms with Gasteiger partial charge in [0.05, 0.1) is 0 Å². The summed E-state index contributed by atoms with van der Waals surface area (Å²) in [4.78, 5) is 7.11. The summed E-state index contributed by atoms with van der Waals surface area (Å²) in [6.07, 6.45) is 7.30. The zero-order valence-electron chi connectivity index (χ0n) is 11.8. The van der Waals surface area contributed by atoms with Crippen LogP contribution in [-0.2, 0) is 0 Å². The van der Waals surface area contributed by atoms with E-state index in [1.807, 2.05) is 13.2 Å². The van der Waals surface area contributed by atoms with Crippen molar-refractivity contribution in [2.24, 2.45) is 0 Å². The summed E-state index contributed by atoms with van der Waals surface area (Å²) < 4.78 is 0. The molecule has 0 amide bonds. The van der Waals surface area contributed by atoms with Crippen LogP contribution < -0.4 is 10.2 Å². The molecule has 1 fully saturated rings. The van der Waals surface area contributed by atoms with E-state index in [0.29, 0.717) is 12.1 Å². The van der Waals surface area contributed by atoms with Gasteiger partial charge in [0, 0.05) is 24.8 Å². The van der Waals surface area contributed by atoms with Gasteiger partial charge in [-0.2, -0.15) is 0 Å². The van der Waals surface area contributed by atoms with Crippen molar-refractivity contribution in [1.82, 2.24) is 10.3 Å². The number of nitrogens with zero attached hydrogens (tertiary/aromatic N) is 2. The number of pyridine rings is 1. The minimum Gasteiger partial charge on any atom is -0.354 e. The van der Waals surface area contributed by atoms with E-state index in [0.717, 1.165) is 12.4 Å². The molecule has 2 heterocycles. The highest BCUT2D eigenvalue weighted by Gasteiger charge is 2.18. The summed E-state index contributed by atoms with van der Waals surface area (Å²) in [6, 6.07) is 5.35. The molecular weight excluding hydrogens is 222 g/mol. The van der Waals surface area contributed by atoms with E-state index in [-0.39, 0.29) is 0 Å². The van der Waals surface area contributed by atoms with E-state index in [9.17, 15) is 0 Å². The van der Waals surface area contributed by atoms with Crippen LogP contribution >= 0.6 is 0 Å². The second-order valence-electron chi connectivity index (χ2n) is 5.35. The average Bonchev–Trinajstić information content (AvgIpc) is 2.63. The first kappa shape index (κ1) is 13.3. The monoisotopic (exact) mass is 247 g/mol. The molecule has 18 heavy (non-hydrogen) atoms. The van der Waals surface area contributed by atoms with Gasteiger partial charge in [-0.1, -0.05) is 18.9 Å². The van der Waals surface area contributed by atoms with E-state index >= 15 is 0 Å². The normalized spacial score (nSPS) is 22.6. The summed E-state index contributed by atoms with van der Waals surface area (Å²) >= 11 is 0. The Balaban J connectivity index is 2.12. The van der Waals surface area contributed by atoms with Crippen LogP contribution in [0.25, 0.3) is 0 Å². The second-order valence-corrected chi connectivity index (χ2v) is 5.35. The zero-order valence-corrected chi connectivity index (χ0v) is 11.8. The summed E-state index contributed by atoms with van der Waals surface area (Å²) in [5.41, 5.74) is 1.25. The van der Waals surface area contributed by atoms with Crippen LogP contribution in [0.4, 0.5) is 5.82 Å². The van der Waals surface area contributed by atoms with Crippen molar-refractivity contribution in [3.8, 4) is 0 Å². The molecule has 100 valence electrons. The van der Waals surface area contributed by atoms with Crippen molar-refractivity contribution in [2.45, 2.75) is 51.6 Å². The largest absolute Gasteiger partial charge is 0.354 e. The molecule has 0 spiro atoms. The number of aromatic nitrogens is 1. The van der Waals surface area contributed by atoms with Crippen LogP contribution in [0.1, 0.15) is 51.1 Å². The summed E-state index contributed by atoms with van der Waals surface area (Å²) in [5.74, 6) is 1.14. The van der Waals surface area contributed by atoms with Crippen LogP contribution in [0, 0.1) is 0 Å². The molecule has 2 atom stereocenters. The van der Waals surface area contributed by atoms with Crippen molar-refractivity contribution in [2.75, 3.05) is 18.5 Å². The fourth-order valence-corrected chi connectivity index (χ4v) is 2.61. The van der Waals surface area contributed by atoms with Crippen LogP contribution in [0.2, 0.25) is 0 Å². The third-order valence-corrected chi connectivity index (χ3v) is 4.05. The molecule has 1 aromatic rings. The maximum Gasteiger partial charge on any atom is 0.128 e. The predicted molar refractivity (Wildman–Crippen MR) is 77.0 cm³/mol. The Morgan fingerprint density at radius 2 is 2.17 bits per heavy atom. The van der Waals surface area contributed by atoms with E-state index in [1.165, 1.54) is 31.2 Å². The van der Waals surface area contributed by atoms with Gasteiger partial charge in [-0.3, -0.25) is 0 Å². The minimum absolute atomic E-state index is 0.369. The quantitative estimate of drug-likeness (QED) is 0.889. The lowest BCUT2D eigenvalue weighted by molar-refractivity contribution is 0.609. The fourth-order valence-electron chi connectivity index (χ4n) is 2.61. The SMILES string of the molecule is CNC(C)c1ccc(N2CCCCCC2C)nc1. The fraction of sp³-hybridized carbons (Fsp3) is 0.667. The van der Waals surface area contributed by atoms with Crippen molar-refractivity contribution < 1.29 is 0 Å². The predicted octanol–water partition coefficient (Wildman–Crippen LogP) is 3.13. The third kappa shape index (κ3) is 3.02. The summed E-state index contributed by atoms with van der Waals surface area (Å²) in [5, 5.41) is 3.25. The van der Waals surface area contributed by atoms with Crippen molar-refractivity contribution >= 4 is 5.82 Å². The minimum atomic E-state index is 0.369. The standard InChI is InChI=1S/C15H25N3/c1-12-7-5-4-6-10-18(12)15-9-8-14(11-17-15)13(2)16-3/h8-9,11-13,16H,4-7,10H2,1-3H3. The Morgan fingerprint density at radius 3 is 2.83 bits per heavy atom. The first-order valence-electron chi connectivity index (χ1n) is 7.12. The van der Waals surface area contributed by atoms with Crippen molar-refractivity contribution in [3.05, 3.63) is 23.9 Å². The topological polar surface area (TPSA) is 28.2 Å². The van der Waals surface area contributed by atoms with E-state index < -0.39 is 0 Å². The first-order chi connectivity index (χ1) is 8.72. The lowest BCUT2D eigenvalue weighted by atomic mass is 10.1. The molecule has 2 unspecified atom stereocenters. The van der Waals surface area contributed by atoms with Gasteiger partial charge in [0.2, 0.25) is 0 Å². The molecule has 0 saturated carbocycles. The van der Waals surface area contributed by atoms with Gasteiger partial charge in [0.25, 0.3) is 0 Å². The number of anilines is 1. The van der Waals surface area contributed by atoms with Crippen molar-refractivity contribution in [1.29, 1.82) is 0 Å². The number of rotatable bonds is 3. The molecule has 3 heteroatoms. The van der Waals surface area contributed by atoms with Gasteiger partial charge in [-0.05, 0) is 45.4 Å². The average molecular weight is 247 g/mol. The smallest absolute Gasteiger partial charge is 0.128 e. The van der Waals surface area contributed by atoms with Gasteiger partial charge in [0.15, 0.2) is 0 Å². The lowest BCUT2D eigenvalue weighted by Crippen LogP contribution is -2.33. The lowest BCUT2D eigenvalue weighted by Gasteiger charge is -2.28. The molecular formula is C15H25N3. The maximum absolute atomic E-state index is 4.65. The van der Waals surface area contributed by atoms with E-state index in [1.54, 1.807) is 0 Å². The summed E-state index contributed by atoms with van der Waals surface area (Å²) in [7, 11) is 1.98. The maximum atomic E-state index is 4.65. The Morgan fingerprint density at radius 1 is 1.33 bits per heavy atom. The summed E-state index contributed by atoms with van der Waals surface area (Å²) in [6.45, 7) is 5.62. The zero-order chi connectivity index (χ0) is 13.0. The Bertz CT molecular complexity index is 361. The first-order valence-corrected chi connectivity index (χ1v) is 7.12. The Kier molecular flexibility index (Phi) is 4.59. The molecule has 0 radical (unpaired) electrons. The van der Waals surface area contributed by atoms with Gasteiger partial charge >= 0.3 is 0 Å². The van der Waals surface area contributed by atoms with Crippen LogP contribution in [0.5, 0.6) is 0 Å². The molecule has 1 aromatic heterocycles. The van der Waals surface area contributed by atoms with E-state index in [4.69, 9.17) is 0 Å². The van der Waals surface area contributed by atoms with Crippen LogP contribution in [0.15, 0.2) is 18.3 Å². The number of hydrogen-bond acceptors (Lipinski definition) is 3. The van der Waals surface area contributed by atoms with Gasteiger partial charge in [-0.25, -0.2) is 4.98 Å². The molecule has 0 aliphatic carbocycles. The van der Waals surface area contributed by atoms with Gasteiger partial charge in [-0.15, -0.1) is 0 Å². The second kappa shape index (κ2) is 6.19. The highest BCUT2D eigenvalue weighted by Crippen LogP contribution is 2.23. The number of nitrogens with one attached hydrogen (secondary N) is 1. The van der Waals surface area contributed by atoms with E-state index in [2.05, 4.69) is 41.2 Å². The molecule has 0 aromatic carbocycles. The van der Waals surface area contributed by atoms with Crippen LogP contribution in [0.3, 0.4) is 0 Å². The molecule has 3 nitrogen and oxygen atoms in total. The molecule has 0 bridgehead atoms. The molecule has 1 aliphatic heterocycles. The molecule has 1 saturated heterocycles. The third-order valence-electron chi connectivity index (χ3n) is 4.05. The van der Waals surface area contributed by atoms with Crippen LogP contribution in [-0.4, -0.2) is 24.6 Å². The highest BCUT2D eigenvalue weighted by molar-refractivity contribution is 5.41. The molecule has 1 N–H and O–H groups in total. The van der Waals surface area contributed by atoms with Crippen molar-refractivity contribution in [3.63, 3.8) is 0 Å². The molecule has 2 rings (SSSR count). The Hall–Kier alpha value is -1.09. The Labute approximate surface area is 111 Å². The van der Waals surface area contributed by atoms with Gasteiger partial charge in [0.1, 0.15) is 5.82 Å². The van der Waals surface area contributed by atoms with Gasteiger partial charge < -0.3 is 10.2 Å². The molecule has 1 aliphatic rings. The highest BCUT2D eigenvalue weighted by atomic mass is 15.2. The number of hydrogen-bond donors (Lipinski definition) is 1.